The van der Waals surface area contributed by atoms with Gasteiger partial charge in [-0.15, -0.1) is 0 Å². The van der Waals surface area contributed by atoms with Gasteiger partial charge in [-0.05, 0) is 18.8 Å². The third kappa shape index (κ3) is 3.34. The van der Waals surface area contributed by atoms with Gasteiger partial charge in [0.05, 0.1) is 4.92 Å². The lowest BCUT2D eigenvalue weighted by atomic mass is 9.93. The van der Waals surface area contributed by atoms with E-state index in [1.807, 2.05) is 0 Å². The summed E-state index contributed by atoms with van der Waals surface area (Å²) >= 11 is 0. The van der Waals surface area contributed by atoms with Gasteiger partial charge in [0.1, 0.15) is 6.33 Å². The summed E-state index contributed by atoms with van der Waals surface area (Å²) in [4.78, 5) is 31.1. The van der Waals surface area contributed by atoms with E-state index in [1.165, 1.54) is 6.33 Å². The van der Waals surface area contributed by atoms with Crippen LogP contribution in [0.1, 0.15) is 19.3 Å². The van der Waals surface area contributed by atoms with Crippen molar-refractivity contribution in [1.29, 1.82) is 0 Å². The summed E-state index contributed by atoms with van der Waals surface area (Å²) in [6.45, 7) is 1.14. The van der Waals surface area contributed by atoms with Crippen LogP contribution in [-0.2, 0) is 4.79 Å². The molecule has 1 aliphatic rings. The van der Waals surface area contributed by atoms with Crippen LogP contribution in [0.5, 0.6) is 0 Å². The minimum Gasteiger partial charge on any atom is -0.370 e. The molecule has 0 bridgehead atoms. The standard InChI is InChI=1S/C11H17N7O3/c12-8(19)5-7-1-3-17(4-2-7)11-9(18(20)21)10(16-13)14-6-15-11/h6-7H,1-5,13H2,(H2,12,19)(H,14,15,16). The maximum Gasteiger partial charge on any atom is 0.354 e. The number of carbonyl (C=O) groups excluding carboxylic acids is 1. The molecule has 5 N–H and O–H groups in total. The Balaban J connectivity index is 2.17. The van der Waals surface area contributed by atoms with E-state index in [9.17, 15) is 14.9 Å². The van der Waals surface area contributed by atoms with Crippen LogP contribution >= 0.6 is 0 Å². The summed E-state index contributed by atoms with van der Waals surface area (Å²) in [5.74, 6) is 5.35. The highest BCUT2D eigenvalue weighted by molar-refractivity contribution is 5.74. The van der Waals surface area contributed by atoms with Gasteiger partial charge in [0.25, 0.3) is 0 Å². The van der Waals surface area contributed by atoms with E-state index < -0.39 is 4.92 Å². The van der Waals surface area contributed by atoms with Crippen LogP contribution in [0.3, 0.4) is 0 Å². The van der Waals surface area contributed by atoms with Crippen molar-refractivity contribution in [3.05, 3.63) is 16.4 Å². The average Bonchev–Trinajstić information content (AvgIpc) is 2.46. The number of aromatic nitrogens is 2. The Hall–Kier alpha value is -2.49. The lowest BCUT2D eigenvalue weighted by Crippen LogP contribution is -2.36. The second-order valence-electron chi connectivity index (χ2n) is 4.90. The van der Waals surface area contributed by atoms with Crippen molar-refractivity contribution in [3.8, 4) is 0 Å². The van der Waals surface area contributed by atoms with Crippen molar-refractivity contribution in [3.63, 3.8) is 0 Å². The summed E-state index contributed by atoms with van der Waals surface area (Å²) in [5, 5.41) is 11.2. The van der Waals surface area contributed by atoms with Gasteiger partial charge in [-0.3, -0.25) is 14.9 Å². The molecule has 10 heteroatoms. The normalized spacial score (nSPS) is 15.8. The number of anilines is 2. The Morgan fingerprint density at radius 3 is 2.67 bits per heavy atom. The molecule has 0 unspecified atom stereocenters. The van der Waals surface area contributed by atoms with Crippen molar-refractivity contribution in [2.45, 2.75) is 19.3 Å². The lowest BCUT2D eigenvalue weighted by Gasteiger charge is -2.31. The van der Waals surface area contributed by atoms with Gasteiger partial charge in [0.15, 0.2) is 0 Å². The number of hydrogen-bond donors (Lipinski definition) is 3. The molecule has 0 aromatic carbocycles. The first-order chi connectivity index (χ1) is 10.0. The molecular weight excluding hydrogens is 278 g/mol. The first kappa shape index (κ1) is 14.9. The summed E-state index contributed by atoms with van der Waals surface area (Å²) in [6.07, 6.45) is 3.04. The highest BCUT2D eigenvalue weighted by Gasteiger charge is 2.29. The average molecular weight is 295 g/mol. The monoisotopic (exact) mass is 295 g/mol. The van der Waals surface area contributed by atoms with Crippen LogP contribution in [0.25, 0.3) is 0 Å². The van der Waals surface area contributed by atoms with Gasteiger partial charge in [-0.25, -0.2) is 15.8 Å². The summed E-state index contributed by atoms with van der Waals surface area (Å²) < 4.78 is 0. The molecule has 2 heterocycles. The molecule has 0 aliphatic carbocycles. The molecule has 21 heavy (non-hydrogen) atoms. The predicted octanol–water partition coefficient (Wildman–Crippen LogP) is -0.238. The Bertz CT molecular complexity index is 543. The smallest absolute Gasteiger partial charge is 0.354 e. The highest BCUT2D eigenvalue weighted by atomic mass is 16.6. The number of carbonyl (C=O) groups is 1. The number of nitrogens with two attached hydrogens (primary N) is 2. The van der Waals surface area contributed by atoms with Crippen molar-refractivity contribution in [2.24, 2.45) is 17.5 Å². The number of nitrogens with zero attached hydrogens (tertiary/aromatic N) is 4. The first-order valence-corrected chi connectivity index (χ1v) is 6.52. The Morgan fingerprint density at radius 2 is 2.14 bits per heavy atom. The van der Waals surface area contributed by atoms with Gasteiger partial charge < -0.3 is 16.1 Å². The van der Waals surface area contributed by atoms with E-state index in [2.05, 4.69) is 15.4 Å². The molecule has 2 rings (SSSR count). The van der Waals surface area contributed by atoms with Gasteiger partial charge in [0, 0.05) is 19.5 Å². The van der Waals surface area contributed by atoms with Crippen molar-refractivity contribution < 1.29 is 9.72 Å². The molecule has 0 saturated carbocycles. The zero-order valence-corrected chi connectivity index (χ0v) is 11.4. The molecule has 1 aliphatic heterocycles. The predicted molar refractivity (Wildman–Crippen MR) is 75.2 cm³/mol. The molecule has 0 radical (unpaired) electrons. The van der Waals surface area contributed by atoms with Crippen molar-refractivity contribution in [2.75, 3.05) is 23.4 Å². The minimum absolute atomic E-state index is 0.0238. The molecule has 1 fully saturated rings. The third-order valence-electron chi connectivity index (χ3n) is 3.53. The van der Waals surface area contributed by atoms with Crippen LogP contribution in [0.4, 0.5) is 17.3 Å². The van der Waals surface area contributed by atoms with E-state index in [0.29, 0.717) is 19.5 Å². The Labute approximate surface area is 120 Å². The van der Waals surface area contributed by atoms with Crippen LogP contribution in [-0.4, -0.2) is 33.9 Å². The van der Waals surface area contributed by atoms with E-state index in [1.54, 1.807) is 4.90 Å². The van der Waals surface area contributed by atoms with E-state index in [4.69, 9.17) is 11.6 Å². The van der Waals surface area contributed by atoms with E-state index >= 15 is 0 Å². The molecule has 0 spiro atoms. The number of hydrazine groups is 1. The topological polar surface area (TPSA) is 153 Å². The fourth-order valence-electron chi connectivity index (χ4n) is 2.51. The van der Waals surface area contributed by atoms with Crippen LogP contribution in [0, 0.1) is 16.0 Å². The largest absolute Gasteiger partial charge is 0.370 e. The molecular formula is C11H17N7O3. The van der Waals surface area contributed by atoms with Crippen LogP contribution < -0.4 is 21.9 Å². The van der Waals surface area contributed by atoms with Crippen molar-refractivity contribution >= 4 is 23.2 Å². The van der Waals surface area contributed by atoms with Crippen molar-refractivity contribution in [1.82, 2.24) is 9.97 Å². The Morgan fingerprint density at radius 1 is 1.48 bits per heavy atom. The second-order valence-corrected chi connectivity index (χ2v) is 4.90. The van der Waals surface area contributed by atoms with E-state index in [0.717, 1.165) is 12.8 Å². The van der Waals surface area contributed by atoms with Gasteiger partial charge in [-0.2, -0.15) is 0 Å². The minimum atomic E-state index is -0.556. The SMILES string of the molecule is NNc1ncnc(N2CCC(CC(N)=O)CC2)c1[N+](=O)[O-]. The number of nitrogens with one attached hydrogen (secondary N) is 1. The molecule has 10 nitrogen and oxygen atoms in total. The van der Waals surface area contributed by atoms with Crippen LogP contribution in [0.2, 0.25) is 0 Å². The maximum absolute atomic E-state index is 11.2. The lowest BCUT2D eigenvalue weighted by molar-refractivity contribution is -0.383. The molecule has 1 saturated heterocycles. The zero-order chi connectivity index (χ0) is 15.4. The molecule has 0 atom stereocenters. The number of rotatable bonds is 5. The molecule has 1 amide bonds. The number of hydrogen-bond acceptors (Lipinski definition) is 8. The highest BCUT2D eigenvalue weighted by Crippen LogP contribution is 2.33. The van der Waals surface area contributed by atoms with Crippen LogP contribution in [0.15, 0.2) is 6.33 Å². The summed E-state index contributed by atoms with van der Waals surface area (Å²) in [6, 6.07) is 0. The third-order valence-corrected chi connectivity index (χ3v) is 3.53. The second kappa shape index (κ2) is 6.31. The summed E-state index contributed by atoms with van der Waals surface area (Å²) in [5.41, 5.74) is 7.15. The quantitative estimate of drug-likeness (QED) is 0.382. The number of nitro groups is 1. The number of amides is 1. The molecule has 1 aromatic heterocycles. The van der Waals surface area contributed by atoms with Gasteiger partial charge in [0.2, 0.25) is 17.5 Å². The number of piperidine rings is 1. The maximum atomic E-state index is 11.2. The first-order valence-electron chi connectivity index (χ1n) is 6.52. The number of nitrogen functional groups attached to an aromatic ring is 1. The van der Waals surface area contributed by atoms with Gasteiger partial charge in [-0.1, -0.05) is 0 Å². The fraction of sp³-hybridized carbons (Fsp3) is 0.545. The summed E-state index contributed by atoms with van der Waals surface area (Å²) in [7, 11) is 0. The number of primary amides is 1. The zero-order valence-electron chi connectivity index (χ0n) is 11.4. The van der Waals surface area contributed by atoms with Gasteiger partial charge >= 0.3 is 5.69 Å². The molecule has 1 aromatic rings. The fourth-order valence-corrected chi connectivity index (χ4v) is 2.51. The molecule has 114 valence electrons. The Kier molecular flexibility index (Phi) is 4.48. The van der Waals surface area contributed by atoms with E-state index in [-0.39, 0.29) is 29.1 Å².